The summed E-state index contributed by atoms with van der Waals surface area (Å²) >= 11 is 0. The van der Waals surface area contributed by atoms with Crippen LogP contribution in [0.4, 0.5) is 0 Å². The predicted molar refractivity (Wildman–Crippen MR) is 53.9 cm³/mol. The zero-order chi connectivity index (χ0) is 6.16. The molecule has 11 heavy (non-hydrogen) atoms. The highest BCUT2D eigenvalue weighted by Crippen LogP contribution is 2.51. The first-order chi connectivity index (χ1) is 4.41. The quantitative estimate of drug-likeness (QED) is 0.551. The van der Waals surface area contributed by atoms with E-state index in [1.54, 1.807) is 25.7 Å². The van der Waals surface area contributed by atoms with Crippen LogP contribution in [0.2, 0.25) is 0 Å². The monoisotopic (exact) mass is 196 g/mol. The van der Waals surface area contributed by atoms with Crippen molar-refractivity contribution in [3.05, 3.63) is 0 Å². The van der Waals surface area contributed by atoms with Crippen LogP contribution in [0.3, 0.4) is 0 Å². The average molecular weight is 197 g/mol. The fourth-order valence-electron chi connectivity index (χ4n) is 2.48. The highest BCUT2D eigenvalue weighted by atomic mass is 35.5. The third kappa shape index (κ3) is 2.26. The Morgan fingerprint density at radius 2 is 1.00 bits per heavy atom. The summed E-state index contributed by atoms with van der Waals surface area (Å²) in [7, 11) is 0. The van der Waals surface area contributed by atoms with Crippen molar-refractivity contribution in [3.63, 3.8) is 0 Å². The molecule has 0 saturated heterocycles. The Labute approximate surface area is 82.0 Å². The standard InChI is InChI=1S/C9H16.2ClH/c1-2-5-9(6-3-1)7-4-8-9;;/h1-8H2;2*1H. The van der Waals surface area contributed by atoms with Crippen molar-refractivity contribution in [1.82, 2.24) is 0 Å². The third-order valence-corrected chi connectivity index (χ3v) is 3.33. The minimum atomic E-state index is 0. The first-order valence-electron chi connectivity index (χ1n) is 4.41. The lowest BCUT2D eigenvalue weighted by Crippen LogP contribution is -2.31. The van der Waals surface area contributed by atoms with E-state index in [1.165, 1.54) is 25.7 Å². The van der Waals surface area contributed by atoms with Gasteiger partial charge in [0.2, 0.25) is 0 Å². The topological polar surface area (TPSA) is 0 Å². The predicted octanol–water partition coefficient (Wildman–Crippen LogP) is 3.96. The third-order valence-electron chi connectivity index (χ3n) is 3.33. The molecule has 0 heterocycles. The van der Waals surface area contributed by atoms with Crippen LogP contribution in [-0.2, 0) is 0 Å². The van der Waals surface area contributed by atoms with Crippen LogP contribution in [0, 0.1) is 5.41 Å². The van der Waals surface area contributed by atoms with Crippen LogP contribution in [0.15, 0.2) is 0 Å². The summed E-state index contributed by atoms with van der Waals surface area (Å²) in [6, 6.07) is 0. The maximum absolute atomic E-state index is 1.56. The Bertz CT molecular complexity index is 100. The molecule has 2 saturated carbocycles. The van der Waals surface area contributed by atoms with Gasteiger partial charge >= 0.3 is 0 Å². The van der Waals surface area contributed by atoms with Crippen LogP contribution < -0.4 is 0 Å². The molecule has 0 bridgehead atoms. The van der Waals surface area contributed by atoms with Crippen LogP contribution in [0.5, 0.6) is 0 Å². The maximum Gasteiger partial charge on any atom is -0.0297 e. The first-order valence-corrected chi connectivity index (χ1v) is 4.41. The molecule has 0 nitrogen and oxygen atoms in total. The van der Waals surface area contributed by atoms with Crippen molar-refractivity contribution in [3.8, 4) is 0 Å². The second-order valence-electron chi connectivity index (χ2n) is 3.91. The fourth-order valence-corrected chi connectivity index (χ4v) is 2.48. The zero-order valence-corrected chi connectivity index (χ0v) is 8.61. The number of rotatable bonds is 0. The van der Waals surface area contributed by atoms with E-state index in [4.69, 9.17) is 0 Å². The lowest BCUT2D eigenvalue weighted by Gasteiger charge is -2.45. The summed E-state index contributed by atoms with van der Waals surface area (Å²) < 4.78 is 0. The van der Waals surface area contributed by atoms with E-state index in [0.29, 0.717) is 0 Å². The normalized spacial score (nSPS) is 26.2. The molecule has 1 spiro atoms. The van der Waals surface area contributed by atoms with E-state index >= 15 is 0 Å². The van der Waals surface area contributed by atoms with Gasteiger partial charge in [-0.05, 0) is 31.1 Å². The molecule has 0 aliphatic heterocycles. The van der Waals surface area contributed by atoms with Gasteiger partial charge in [-0.3, -0.25) is 0 Å². The smallest absolute Gasteiger partial charge is 0.0297 e. The number of halogens is 2. The van der Waals surface area contributed by atoms with E-state index in [1.807, 2.05) is 0 Å². The van der Waals surface area contributed by atoms with Crippen molar-refractivity contribution < 1.29 is 0 Å². The number of hydrogen-bond donors (Lipinski definition) is 0. The van der Waals surface area contributed by atoms with Gasteiger partial charge < -0.3 is 0 Å². The molecule has 0 unspecified atom stereocenters. The minimum Gasteiger partial charge on any atom is -0.147 e. The van der Waals surface area contributed by atoms with Gasteiger partial charge in [-0.25, -0.2) is 0 Å². The summed E-state index contributed by atoms with van der Waals surface area (Å²) in [5, 5.41) is 0. The van der Waals surface area contributed by atoms with Crippen molar-refractivity contribution in [2.24, 2.45) is 5.41 Å². The van der Waals surface area contributed by atoms with E-state index < -0.39 is 0 Å². The molecule has 0 aromatic heterocycles. The Balaban J connectivity index is 0.000000500. The van der Waals surface area contributed by atoms with Gasteiger partial charge in [0.1, 0.15) is 0 Å². The van der Waals surface area contributed by atoms with Crippen LogP contribution in [0.25, 0.3) is 0 Å². The Morgan fingerprint density at radius 1 is 0.545 bits per heavy atom. The van der Waals surface area contributed by atoms with Crippen molar-refractivity contribution in [2.45, 2.75) is 51.4 Å². The van der Waals surface area contributed by atoms with Crippen LogP contribution in [-0.4, -0.2) is 0 Å². The van der Waals surface area contributed by atoms with Gasteiger partial charge in [-0.15, -0.1) is 24.8 Å². The Hall–Kier alpha value is 0.580. The summed E-state index contributed by atoms with van der Waals surface area (Å²) in [5.74, 6) is 0. The molecular formula is C9H18Cl2. The second kappa shape index (κ2) is 4.57. The van der Waals surface area contributed by atoms with Crippen molar-refractivity contribution >= 4 is 24.8 Å². The van der Waals surface area contributed by atoms with Gasteiger partial charge in [-0.2, -0.15) is 0 Å². The fraction of sp³-hybridized carbons (Fsp3) is 1.00. The lowest BCUT2D eigenvalue weighted by atomic mass is 9.61. The molecule has 2 rings (SSSR count). The summed E-state index contributed by atoms with van der Waals surface area (Å²) in [6.45, 7) is 0. The van der Waals surface area contributed by atoms with Gasteiger partial charge in [0.05, 0.1) is 0 Å². The van der Waals surface area contributed by atoms with Gasteiger partial charge in [-0.1, -0.05) is 25.7 Å². The highest BCUT2D eigenvalue weighted by molar-refractivity contribution is 5.85. The molecule has 68 valence electrons. The molecule has 0 atom stereocenters. The first kappa shape index (κ1) is 11.6. The SMILES string of the molecule is C1CCC2(CC1)CCC2.Cl.Cl. The molecular weight excluding hydrogens is 179 g/mol. The molecule has 2 aliphatic carbocycles. The van der Waals surface area contributed by atoms with Gasteiger partial charge in [0, 0.05) is 0 Å². The Kier molecular flexibility index (Phi) is 4.81. The van der Waals surface area contributed by atoms with Crippen molar-refractivity contribution in [2.75, 3.05) is 0 Å². The maximum atomic E-state index is 1.56. The van der Waals surface area contributed by atoms with E-state index in [0.717, 1.165) is 5.41 Å². The Morgan fingerprint density at radius 3 is 1.27 bits per heavy atom. The molecule has 2 fully saturated rings. The van der Waals surface area contributed by atoms with Gasteiger partial charge in [0.25, 0.3) is 0 Å². The highest BCUT2D eigenvalue weighted by Gasteiger charge is 2.37. The summed E-state index contributed by atoms with van der Waals surface area (Å²) in [5.41, 5.74) is 0.901. The van der Waals surface area contributed by atoms with E-state index in [-0.39, 0.29) is 24.8 Å². The molecule has 2 aliphatic rings. The average Bonchev–Trinajstić information content (AvgIpc) is 1.87. The molecule has 0 N–H and O–H groups in total. The molecule has 0 aromatic rings. The second-order valence-corrected chi connectivity index (χ2v) is 3.91. The molecule has 0 radical (unpaired) electrons. The molecule has 0 aromatic carbocycles. The molecule has 2 heteroatoms. The van der Waals surface area contributed by atoms with Crippen molar-refractivity contribution in [1.29, 1.82) is 0 Å². The van der Waals surface area contributed by atoms with E-state index in [2.05, 4.69) is 0 Å². The molecule has 0 amide bonds. The van der Waals surface area contributed by atoms with Crippen LogP contribution in [0.1, 0.15) is 51.4 Å². The van der Waals surface area contributed by atoms with Crippen LogP contribution >= 0.6 is 24.8 Å². The lowest BCUT2D eigenvalue weighted by molar-refractivity contribution is 0.0775. The van der Waals surface area contributed by atoms with E-state index in [9.17, 15) is 0 Å². The minimum absolute atomic E-state index is 0. The number of hydrogen-bond acceptors (Lipinski definition) is 0. The van der Waals surface area contributed by atoms with Gasteiger partial charge in [0.15, 0.2) is 0 Å². The summed E-state index contributed by atoms with van der Waals surface area (Å²) in [4.78, 5) is 0. The zero-order valence-electron chi connectivity index (χ0n) is 6.97. The summed E-state index contributed by atoms with van der Waals surface area (Å²) in [6.07, 6.45) is 12.3. The largest absolute Gasteiger partial charge is 0.147 e.